The Kier molecular flexibility index (Phi) is 6.31. The fraction of sp³-hybridized carbons (Fsp3) is 0.500. The minimum absolute atomic E-state index is 0.104. The summed E-state index contributed by atoms with van der Waals surface area (Å²) in [6.07, 6.45) is 0. The lowest BCUT2D eigenvalue weighted by Crippen LogP contribution is -2.38. The fourth-order valence-electron chi connectivity index (χ4n) is 1.45. The maximum atomic E-state index is 12.3. The Bertz CT molecular complexity index is 433. The molecule has 1 heterocycles. The van der Waals surface area contributed by atoms with Crippen molar-refractivity contribution in [2.45, 2.75) is 6.92 Å². The summed E-state index contributed by atoms with van der Waals surface area (Å²) in [5.74, 6) is -0.723. The maximum Gasteiger partial charge on any atom is 0.325 e. The first-order valence-electron chi connectivity index (χ1n) is 5.87. The summed E-state index contributed by atoms with van der Waals surface area (Å²) in [5.41, 5.74) is 6.13. The summed E-state index contributed by atoms with van der Waals surface area (Å²) in [5, 5.41) is 1.74. The third-order valence-electron chi connectivity index (χ3n) is 2.37. The van der Waals surface area contributed by atoms with Crippen LogP contribution in [0.15, 0.2) is 11.4 Å². The van der Waals surface area contributed by atoms with Crippen molar-refractivity contribution in [2.75, 3.05) is 39.1 Å². The van der Waals surface area contributed by atoms with Crippen molar-refractivity contribution >= 4 is 28.9 Å². The van der Waals surface area contributed by atoms with Gasteiger partial charge in [0.05, 0.1) is 18.9 Å². The zero-order valence-corrected chi connectivity index (χ0v) is 11.9. The van der Waals surface area contributed by atoms with Crippen LogP contribution in [-0.4, -0.2) is 50.2 Å². The summed E-state index contributed by atoms with van der Waals surface area (Å²) in [4.78, 5) is 25.6. The van der Waals surface area contributed by atoms with Crippen LogP contribution in [0.5, 0.6) is 0 Å². The van der Waals surface area contributed by atoms with Crippen LogP contribution in [0.3, 0.4) is 0 Å². The number of ether oxygens (including phenoxy) is 2. The van der Waals surface area contributed by atoms with Gasteiger partial charge in [0, 0.05) is 13.7 Å². The van der Waals surface area contributed by atoms with Gasteiger partial charge in [0.25, 0.3) is 5.91 Å². The molecule has 1 rings (SSSR count). The third kappa shape index (κ3) is 4.53. The monoisotopic (exact) mass is 286 g/mol. The highest BCUT2D eigenvalue weighted by molar-refractivity contribution is 7.12. The van der Waals surface area contributed by atoms with E-state index >= 15 is 0 Å². The van der Waals surface area contributed by atoms with Gasteiger partial charge in [0.15, 0.2) is 0 Å². The van der Waals surface area contributed by atoms with Gasteiger partial charge in [-0.15, -0.1) is 11.3 Å². The normalized spacial score (nSPS) is 10.2. The molecule has 0 fully saturated rings. The van der Waals surface area contributed by atoms with E-state index in [1.165, 1.54) is 23.3 Å². The van der Waals surface area contributed by atoms with Gasteiger partial charge in [-0.25, -0.2) is 0 Å². The first-order chi connectivity index (χ1) is 9.10. The molecule has 106 valence electrons. The van der Waals surface area contributed by atoms with Gasteiger partial charge < -0.3 is 20.1 Å². The summed E-state index contributed by atoms with van der Waals surface area (Å²) in [6, 6.07) is 1.66. The predicted octanol–water partition coefficient (Wildman–Crippen LogP) is 0.982. The Hall–Kier alpha value is -1.60. The number of nitrogen functional groups attached to an aromatic ring is 1. The number of hydrogen-bond donors (Lipinski definition) is 1. The molecule has 6 nitrogen and oxygen atoms in total. The smallest absolute Gasteiger partial charge is 0.325 e. The maximum absolute atomic E-state index is 12.3. The Morgan fingerprint density at radius 1 is 1.47 bits per heavy atom. The molecular formula is C12H18N2O4S. The summed E-state index contributed by atoms with van der Waals surface area (Å²) in [7, 11) is 1.53. The molecule has 0 radical (unpaired) electrons. The first-order valence-corrected chi connectivity index (χ1v) is 6.74. The van der Waals surface area contributed by atoms with E-state index in [1.54, 1.807) is 18.4 Å². The first kappa shape index (κ1) is 15.5. The minimum atomic E-state index is -0.443. The van der Waals surface area contributed by atoms with Crippen LogP contribution in [0.25, 0.3) is 0 Å². The van der Waals surface area contributed by atoms with E-state index in [2.05, 4.69) is 0 Å². The Morgan fingerprint density at radius 2 is 2.21 bits per heavy atom. The average Bonchev–Trinajstić information content (AvgIpc) is 2.80. The van der Waals surface area contributed by atoms with E-state index in [0.29, 0.717) is 23.7 Å². The summed E-state index contributed by atoms with van der Waals surface area (Å²) in [6.45, 7) is 2.55. The molecule has 1 aromatic heterocycles. The van der Waals surface area contributed by atoms with E-state index in [9.17, 15) is 9.59 Å². The van der Waals surface area contributed by atoms with E-state index in [4.69, 9.17) is 15.2 Å². The van der Waals surface area contributed by atoms with Gasteiger partial charge in [-0.1, -0.05) is 0 Å². The highest BCUT2D eigenvalue weighted by Crippen LogP contribution is 2.20. The molecule has 0 aliphatic carbocycles. The SMILES string of the molecule is CCOC(=O)CN(CCOC)C(=O)c1sccc1N. The Morgan fingerprint density at radius 3 is 2.74 bits per heavy atom. The molecule has 0 saturated carbocycles. The van der Waals surface area contributed by atoms with Gasteiger partial charge in [0.1, 0.15) is 11.4 Å². The minimum Gasteiger partial charge on any atom is -0.465 e. The number of carbonyl (C=O) groups is 2. The lowest BCUT2D eigenvalue weighted by molar-refractivity contribution is -0.143. The molecule has 0 aliphatic heterocycles. The molecule has 2 N–H and O–H groups in total. The molecule has 0 spiro atoms. The second-order valence-corrected chi connectivity index (χ2v) is 4.65. The van der Waals surface area contributed by atoms with Crippen LogP contribution in [0, 0.1) is 0 Å². The number of amides is 1. The van der Waals surface area contributed by atoms with Crippen molar-refractivity contribution in [1.29, 1.82) is 0 Å². The van der Waals surface area contributed by atoms with Crippen LogP contribution >= 0.6 is 11.3 Å². The quantitative estimate of drug-likeness (QED) is 0.756. The molecule has 1 amide bonds. The summed E-state index contributed by atoms with van der Waals surface area (Å²) < 4.78 is 9.79. The van der Waals surface area contributed by atoms with E-state index < -0.39 is 5.97 Å². The standard InChI is InChI=1S/C12H18N2O4S/c1-3-18-10(15)8-14(5-6-17-2)12(16)11-9(13)4-7-19-11/h4,7H,3,5-6,8,13H2,1-2H3. The van der Waals surface area contributed by atoms with Gasteiger partial charge in [-0.3, -0.25) is 9.59 Å². The lowest BCUT2D eigenvalue weighted by Gasteiger charge is -2.20. The Labute approximate surface area is 116 Å². The molecule has 0 unspecified atom stereocenters. The van der Waals surface area contributed by atoms with Gasteiger partial charge >= 0.3 is 5.97 Å². The number of anilines is 1. The van der Waals surface area contributed by atoms with E-state index in [-0.39, 0.29) is 19.1 Å². The second-order valence-electron chi connectivity index (χ2n) is 3.73. The molecule has 19 heavy (non-hydrogen) atoms. The molecule has 0 aromatic carbocycles. The Balaban J connectivity index is 2.75. The van der Waals surface area contributed by atoms with Crippen molar-refractivity contribution in [3.8, 4) is 0 Å². The second kappa shape index (κ2) is 7.75. The van der Waals surface area contributed by atoms with Crippen molar-refractivity contribution in [3.63, 3.8) is 0 Å². The van der Waals surface area contributed by atoms with E-state index in [0.717, 1.165) is 0 Å². The topological polar surface area (TPSA) is 81.9 Å². The molecule has 0 bridgehead atoms. The van der Waals surface area contributed by atoms with Gasteiger partial charge in [0.2, 0.25) is 0 Å². The van der Waals surface area contributed by atoms with Crippen molar-refractivity contribution < 1.29 is 19.1 Å². The van der Waals surface area contributed by atoms with Crippen LogP contribution in [0.1, 0.15) is 16.6 Å². The number of nitrogens with zero attached hydrogens (tertiary/aromatic N) is 1. The van der Waals surface area contributed by atoms with Crippen molar-refractivity contribution in [2.24, 2.45) is 0 Å². The number of nitrogens with two attached hydrogens (primary N) is 1. The fourth-order valence-corrected chi connectivity index (χ4v) is 2.24. The highest BCUT2D eigenvalue weighted by atomic mass is 32.1. The number of methoxy groups -OCH3 is 1. The van der Waals surface area contributed by atoms with Crippen LogP contribution in [-0.2, 0) is 14.3 Å². The highest BCUT2D eigenvalue weighted by Gasteiger charge is 2.22. The van der Waals surface area contributed by atoms with E-state index in [1.807, 2.05) is 0 Å². The number of esters is 1. The van der Waals surface area contributed by atoms with Crippen molar-refractivity contribution in [1.82, 2.24) is 4.90 Å². The molecule has 7 heteroatoms. The van der Waals surface area contributed by atoms with Gasteiger partial charge in [-0.05, 0) is 18.4 Å². The summed E-state index contributed by atoms with van der Waals surface area (Å²) >= 11 is 1.25. The lowest BCUT2D eigenvalue weighted by atomic mass is 10.3. The van der Waals surface area contributed by atoms with Crippen LogP contribution < -0.4 is 5.73 Å². The molecular weight excluding hydrogens is 268 g/mol. The van der Waals surface area contributed by atoms with Crippen molar-refractivity contribution in [3.05, 3.63) is 16.3 Å². The predicted molar refractivity (Wildman–Crippen MR) is 73.1 cm³/mol. The third-order valence-corrected chi connectivity index (χ3v) is 3.29. The molecule has 0 atom stereocenters. The number of rotatable bonds is 7. The number of hydrogen-bond acceptors (Lipinski definition) is 6. The zero-order chi connectivity index (χ0) is 14.3. The molecule has 0 saturated heterocycles. The molecule has 1 aromatic rings. The number of carbonyl (C=O) groups excluding carboxylic acids is 2. The average molecular weight is 286 g/mol. The van der Waals surface area contributed by atoms with Crippen LogP contribution in [0.4, 0.5) is 5.69 Å². The van der Waals surface area contributed by atoms with Crippen LogP contribution in [0.2, 0.25) is 0 Å². The van der Waals surface area contributed by atoms with Gasteiger partial charge in [-0.2, -0.15) is 0 Å². The zero-order valence-electron chi connectivity index (χ0n) is 11.0. The molecule has 0 aliphatic rings. The number of thiophene rings is 1. The largest absolute Gasteiger partial charge is 0.465 e.